The van der Waals surface area contributed by atoms with E-state index >= 15 is 0 Å². The first-order valence-electron chi connectivity index (χ1n) is 9.74. The summed E-state index contributed by atoms with van der Waals surface area (Å²) in [6.45, 7) is 3.19. The average molecular weight is 390 g/mol. The molecular weight excluding hydrogens is 366 g/mol. The molecule has 29 heavy (non-hydrogen) atoms. The third-order valence-electron chi connectivity index (χ3n) is 5.17. The number of aromatic nitrogens is 2. The molecule has 4 rings (SSSR count). The van der Waals surface area contributed by atoms with Crippen molar-refractivity contribution in [2.75, 3.05) is 38.5 Å². The second kappa shape index (κ2) is 8.28. The first-order valence-corrected chi connectivity index (χ1v) is 9.74. The van der Waals surface area contributed by atoms with Crippen LogP contribution in [0.3, 0.4) is 0 Å². The summed E-state index contributed by atoms with van der Waals surface area (Å²) < 4.78 is 1.61. The number of hydrogen-bond donors (Lipinski definition) is 2. The van der Waals surface area contributed by atoms with Crippen LogP contribution in [0.1, 0.15) is 20.7 Å². The van der Waals surface area contributed by atoms with Gasteiger partial charge in [-0.25, -0.2) is 4.68 Å². The minimum atomic E-state index is -0.278. The van der Waals surface area contributed by atoms with E-state index in [2.05, 4.69) is 17.5 Å². The molecular formula is C22H24N5O2+. The molecule has 148 valence electrons. The maximum atomic E-state index is 13.2. The lowest BCUT2D eigenvalue weighted by Gasteiger charge is -2.30. The van der Waals surface area contributed by atoms with Gasteiger partial charge in [-0.3, -0.25) is 9.59 Å². The van der Waals surface area contributed by atoms with Crippen LogP contribution in [0.5, 0.6) is 0 Å². The molecule has 0 aliphatic carbocycles. The van der Waals surface area contributed by atoms with Gasteiger partial charge in [-0.05, 0) is 24.3 Å². The number of anilines is 1. The largest absolute Gasteiger partial charge is 0.334 e. The van der Waals surface area contributed by atoms with Gasteiger partial charge < -0.3 is 15.1 Å². The van der Waals surface area contributed by atoms with Gasteiger partial charge in [0.05, 0.1) is 45.1 Å². The third kappa shape index (κ3) is 4.05. The average Bonchev–Trinajstić information content (AvgIpc) is 3.18. The van der Waals surface area contributed by atoms with E-state index in [0.29, 0.717) is 30.0 Å². The van der Waals surface area contributed by atoms with Crippen LogP contribution in [-0.2, 0) is 0 Å². The summed E-state index contributed by atoms with van der Waals surface area (Å²) in [4.78, 5) is 29.3. The lowest BCUT2D eigenvalue weighted by molar-refractivity contribution is -0.883. The van der Waals surface area contributed by atoms with Crippen molar-refractivity contribution >= 4 is 17.6 Å². The molecule has 0 bridgehead atoms. The molecule has 0 unspecified atom stereocenters. The van der Waals surface area contributed by atoms with Crippen LogP contribution in [0, 0.1) is 0 Å². The highest BCUT2D eigenvalue weighted by atomic mass is 16.2. The monoisotopic (exact) mass is 390 g/mol. The van der Waals surface area contributed by atoms with Gasteiger partial charge in [-0.2, -0.15) is 5.10 Å². The second-order valence-corrected chi connectivity index (χ2v) is 7.22. The number of nitrogens with zero attached hydrogens (tertiary/aromatic N) is 3. The Morgan fingerprint density at radius 2 is 1.59 bits per heavy atom. The molecule has 1 aliphatic rings. The Bertz CT molecular complexity index is 993. The Balaban J connectivity index is 1.69. The number of carbonyl (C=O) groups excluding carboxylic acids is 2. The van der Waals surface area contributed by atoms with E-state index in [4.69, 9.17) is 0 Å². The predicted molar refractivity (Wildman–Crippen MR) is 110 cm³/mol. The Morgan fingerprint density at radius 1 is 0.966 bits per heavy atom. The van der Waals surface area contributed by atoms with E-state index in [0.717, 1.165) is 18.8 Å². The van der Waals surface area contributed by atoms with Gasteiger partial charge in [0.15, 0.2) is 0 Å². The van der Waals surface area contributed by atoms with Gasteiger partial charge in [-0.15, -0.1) is 0 Å². The van der Waals surface area contributed by atoms with Crippen LogP contribution in [-0.4, -0.2) is 59.7 Å². The summed E-state index contributed by atoms with van der Waals surface area (Å²) in [7, 11) is 2.13. The number of quaternary nitrogens is 1. The van der Waals surface area contributed by atoms with Crippen molar-refractivity contribution in [3.8, 4) is 5.69 Å². The van der Waals surface area contributed by atoms with Crippen molar-refractivity contribution in [3.05, 3.63) is 78.0 Å². The van der Waals surface area contributed by atoms with Crippen molar-refractivity contribution in [1.29, 1.82) is 0 Å². The normalized spacial score (nSPS) is 14.6. The Morgan fingerprint density at radius 3 is 2.24 bits per heavy atom. The maximum Gasteiger partial charge on any atom is 0.259 e. The molecule has 2 amide bonds. The van der Waals surface area contributed by atoms with E-state index in [1.54, 1.807) is 23.0 Å². The summed E-state index contributed by atoms with van der Waals surface area (Å²) in [5.74, 6) is 0.00419. The van der Waals surface area contributed by atoms with Crippen molar-refractivity contribution < 1.29 is 14.5 Å². The number of rotatable bonds is 4. The number of piperazine rings is 1. The fourth-order valence-corrected chi connectivity index (χ4v) is 3.42. The van der Waals surface area contributed by atoms with Crippen LogP contribution in [0.25, 0.3) is 5.69 Å². The molecule has 3 aromatic rings. The van der Waals surface area contributed by atoms with Crippen LogP contribution in [0.2, 0.25) is 0 Å². The van der Waals surface area contributed by atoms with Crippen molar-refractivity contribution in [3.63, 3.8) is 0 Å². The fourth-order valence-electron chi connectivity index (χ4n) is 3.42. The van der Waals surface area contributed by atoms with Crippen LogP contribution >= 0.6 is 0 Å². The quantitative estimate of drug-likeness (QED) is 0.701. The van der Waals surface area contributed by atoms with Crippen LogP contribution in [0.15, 0.2) is 66.9 Å². The summed E-state index contributed by atoms with van der Waals surface area (Å²) in [6, 6.07) is 18.4. The second-order valence-electron chi connectivity index (χ2n) is 7.22. The van der Waals surface area contributed by atoms with Gasteiger partial charge in [-0.1, -0.05) is 36.4 Å². The highest BCUT2D eigenvalue weighted by molar-refractivity contribution is 6.08. The number of benzene rings is 2. The standard InChI is InChI=1S/C22H23N5O2/c1-25-12-14-26(15-13-25)22(29)19-16-23-27(18-10-6-3-7-11-18)20(19)24-21(28)17-8-4-2-5-9-17/h2-11,16H,12-15H2,1H3,(H,24,28)/p+1. The summed E-state index contributed by atoms with van der Waals surface area (Å²) in [5.41, 5.74) is 1.70. The summed E-state index contributed by atoms with van der Waals surface area (Å²) >= 11 is 0. The van der Waals surface area contributed by atoms with Gasteiger partial charge in [0, 0.05) is 5.56 Å². The first-order chi connectivity index (χ1) is 14.1. The smallest absolute Gasteiger partial charge is 0.259 e. The van der Waals surface area contributed by atoms with Crippen LogP contribution < -0.4 is 10.2 Å². The van der Waals surface area contributed by atoms with Crippen molar-refractivity contribution in [1.82, 2.24) is 14.7 Å². The van der Waals surface area contributed by atoms with Gasteiger partial charge in [0.1, 0.15) is 11.4 Å². The zero-order valence-electron chi connectivity index (χ0n) is 16.3. The zero-order chi connectivity index (χ0) is 20.2. The third-order valence-corrected chi connectivity index (χ3v) is 5.17. The van der Waals surface area contributed by atoms with Gasteiger partial charge in [0.25, 0.3) is 11.8 Å². The Kier molecular flexibility index (Phi) is 5.39. The molecule has 2 heterocycles. The van der Waals surface area contributed by atoms with Gasteiger partial charge in [0.2, 0.25) is 0 Å². The molecule has 0 saturated carbocycles. The number of nitrogens with one attached hydrogen (secondary N) is 2. The van der Waals surface area contributed by atoms with E-state index in [1.165, 1.54) is 4.90 Å². The van der Waals surface area contributed by atoms with Crippen molar-refractivity contribution in [2.24, 2.45) is 0 Å². The number of likely N-dealkylation sites (N-methyl/N-ethyl adjacent to an activating group) is 1. The minimum Gasteiger partial charge on any atom is -0.334 e. The molecule has 0 atom stereocenters. The van der Waals surface area contributed by atoms with E-state index in [9.17, 15) is 9.59 Å². The molecule has 7 heteroatoms. The molecule has 0 spiro atoms. The minimum absolute atomic E-state index is 0.108. The van der Waals surface area contributed by atoms with E-state index < -0.39 is 0 Å². The summed E-state index contributed by atoms with van der Waals surface area (Å²) in [5, 5.41) is 7.32. The maximum absolute atomic E-state index is 13.2. The molecule has 1 aromatic heterocycles. The molecule has 7 nitrogen and oxygen atoms in total. The van der Waals surface area contributed by atoms with E-state index in [-0.39, 0.29) is 11.8 Å². The molecule has 2 aromatic carbocycles. The molecule has 1 fully saturated rings. The number of carbonyl (C=O) groups is 2. The lowest BCUT2D eigenvalue weighted by Crippen LogP contribution is -3.12. The lowest BCUT2D eigenvalue weighted by atomic mass is 10.2. The van der Waals surface area contributed by atoms with Crippen molar-refractivity contribution in [2.45, 2.75) is 0 Å². The zero-order valence-corrected chi connectivity index (χ0v) is 16.3. The highest BCUT2D eigenvalue weighted by Crippen LogP contribution is 2.23. The SMILES string of the molecule is C[NH+]1CCN(C(=O)c2cnn(-c3ccccc3)c2NC(=O)c2ccccc2)CC1. The molecule has 1 aliphatic heterocycles. The first kappa shape index (κ1) is 18.9. The van der Waals surface area contributed by atoms with Gasteiger partial charge >= 0.3 is 0 Å². The number of para-hydroxylation sites is 1. The Labute approximate surface area is 169 Å². The topological polar surface area (TPSA) is 71.7 Å². The highest BCUT2D eigenvalue weighted by Gasteiger charge is 2.28. The number of hydrogen-bond acceptors (Lipinski definition) is 3. The fraction of sp³-hybridized carbons (Fsp3) is 0.227. The molecule has 0 radical (unpaired) electrons. The van der Waals surface area contributed by atoms with E-state index in [1.807, 2.05) is 53.4 Å². The van der Waals surface area contributed by atoms with Crippen LogP contribution in [0.4, 0.5) is 5.82 Å². The summed E-state index contributed by atoms with van der Waals surface area (Å²) in [6.07, 6.45) is 1.54. The number of amides is 2. The predicted octanol–water partition coefficient (Wildman–Crippen LogP) is 1.10. The molecule has 2 N–H and O–H groups in total. The Hall–Kier alpha value is -3.45. The molecule has 1 saturated heterocycles.